The van der Waals surface area contributed by atoms with Gasteiger partial charge in [0.25, 0.3) is 0 Å². The first-order chi connectivity index (χ1) is 11.5. The highest BCUT2D eigenvalue weighted by Gasteiger charge is 2.30. The quantitative estimate of drug-likeness (QED) is 0.816. The number of halogens is 1. The molecule has 0 atom stereocenters. The molecule has 1 aromatic heterocycles. The second-order valence-corrected chi connectivity index (χ2v) is 9.20. The Morgan fingerprint density at radius 2 is 1.83 bits per heavy atom. The summed E-state index contributed by atoms with van der Waals surface area (Å²) in [6, 6.07) is 12.2. The summed E-state index contributed by atoms with van der Waals surface area (Å²) in [4.78, 5) is 3.47. The fourth-order valence-electron chi connectivity index (χ4n) is 2.71. The lowest BCUT2D eigenvalue weighted by Gasteiger charge is -2.33. The van der Waals surface area contributed by atoms with Crippen LogP contribution in [-0.2, 0) is 16.6 Å². The molecule has 1 fully saturated rings. The molecular weight excluding hydrogens is 366 g/mol. The molecule has 1 saturated heterocycles. The number of hydrogen-bond donors (Lipinski definition) is 0. The molecule has 0 unspecified atom stereocenters. The van der Waals surface area contributed by atoms with E-state index in [-0.39, 0.29) is 10.5 Å². The molecule has 2 heterocycles. The molecule has 1 aliphatic rings. The van der Waals surface area contributed by atoms with Gasteiger partial charge in [0.1, 0.15) is 6.07 Å². The highest BCUT2D eigenvalue weighted by Crippen LogP contribution is 2.24. The van der Waals surface area contributed by atoms with E-state index in [1.54, 1.807) is 23.5 Å². The van der Waals surface area contributed by atoms with Gasteiger partial charge < -0.3 is 0 Å². The number of benzene rings is 1. The molecule has 0 spiro atoms. The maximum absolute atomic E-state index is 12.8. The maximum Gasteiger partial charge on any atom is 0.244 e. The van der Waals surface area contributed by atoms with E-state index >= 15 is 0 Å². The lowest BCUT2D eigenvalue weighted by atomic mass is 10.2. The zero-order valence-electron chi connectivity index (χ0n) is 12.9. The Kier molecular flexibility index (Phi) is 5.23. The van der Waals surface area contributed by atoms with Gasteiger partial charge in [-0.2, -0.15) is 9.57 Å². The number of sulfonamides is 1. The van der Waals surface area contributed by atoms with Gasteiger partial charge in [-0.05, 0) is 24.3 Å². The monoisotopic (exact) mass is 381 g/mol. The SMILES string of the molecule is N#Cc1ccccc1S(=O)(=O)N1CCN(Cc2ccc(Cl)s2)CC1. The van der Waals surface area contributed by atoms with Crippen molar-refractivity contribution in [2.45, 2.75) is 11.4 Å². The standard InChI is InChI=1S/C16H16ClN3O2S2/c17-16-6-5-14(23-16)12-19-7-9-20(10-8-19)24(21,22)15-4-2-1-3-13(15)11-18/h1-6H,7-10,12H2. The first kappa shape index (κ1) is 17.4. The number of hydrogen-bond acceptors (Lipinski definition) is 5. The van der Waals surface area contributed by atoms with E-state index in [9.17, 15) is 8.42 Å². The molecule has 0 bridgehead atoms. The highest BCUT2D eigenvalue weighted by molar-refractivity contribution is 7.89. The van der Waals surface area contributed by atoms with Crippen LogP contribution in [0.3, 0.4) is 0 Å². The molecular formula is C16H16ClN3O2S2. The van der Waals surface area contributed by atoms with Gasteiger partial charge >= 0.3 is 0 Å². The van der Waals surface area contributed by atoms with E-state index in [1.807, 2.05) is 18.2 Å². The minimum absolute atomic E-state index is 0.0889. The fourth-order valence-corrected chi connectivity index (χ4v) is 5.40. The summed E-state index contributed by atoms with van der Waals surface area (Å²) in [6.45, 7) is 2.93. The topological polar surface area (TPSA) is 64.4 Å². The van der Waals surface area contributed by atoms with Crippen molar-refractivity contribution in [3.8, 4) is 6.07 Å². The van der Waals surface area contributed by atoms with Crippen LogP contribution in [0.4, 0.5) is 0 Å². The van der Waals surface area contributed by atoms with Crippen LogP contribution in [0.2, 0.25) is 4.34 Å². The Hall–Kier alpha value is -1.43. The van der Waals surface area contributed by atoms with E-state index in [1.165, 1.54) is 21.3 Å². The number of nitrogens with zero attached hydrogens (tertiary/aromatic N) is 3. The summed E-state index contributed by atoms with van der Waals surface area (Å²) in [5.74, 6) is 0. The molecule has 0 N–H and O–H groups in total. The molecule has 1 aliphatic heterocycles. The molecule has 24 heavy (non-hydrogen) atoms. The lowest BCUT2D eigenvalue weighted by Crippen LogP contribution is -2.48. The van der Waals surface area contributed by atoms with E-state index < -0.39 is 10.0 Å². The minimum atomic E-state index is -3.63. The van der Waals surface area contributed by atoms with Crippen molar-refractivity contribution >= 4 is 33.0 Å². The van der Waals surface area contributed by atoms with E-state index in [0.29, 0.717) is 26.2 Å². The Labute approximate surface area is 150 Å². The largest absolute Gasteiger partial charge is 0.296 e. The van der Waals surface area contributed by atoms with Crippen molar-refractivity contribution in [3.63, 3.8) is 0 Å². The average Bonchev–Trinajstić information content (AvgIpc) is 3.00. The van der Waals surface area contributed by atoms with Crippen LogP contribution >= 0.6 is 22.9 Å². The van der Waals surface area contributed by atoms with Crippen LogP contribution in [0.1, 0.15) is 10.4 Å². The molecule has 5 nitrogen and oxygen atoms in total. The zero-order chi connectivity index (χ0) is 17.2. The van der Waals surface area contributed by atoms with Gasteiger partial charge in [0.2, 0.25) is 10.0 Å². The predicted octanol–water partition coefficient (Wildman–Crippen LogP) is 2.78. The molecule has 1 aromatic carbocycles. The molecule has 0 amide bonds. The van der Waals surface area contributed by atoms with Crippen LogP contribution in [0.25, 0.3) is 0 Å². The molecule has 0 radical (unpaired) electrons. The third-order valence-electron chi connectivity index (χ3n) is 3.96. The van der Waals surface area contributed by atoms with Crippen molar-refractivity contribution in [2.24, 2.45) is 0 Å². The van der Waals surface area contributed by atoms with E-state index in [2.05, 4.69) is 4.90 Å². The number of rotatable bonds is 4. The second kappa shape index (κ2) is 7.21. The molecule has 8 heteroatoms. The minimum Gasteiger partial charge on any atom is -0.296 e. The Balaban J connectivity index is 1.68. The van der Waals surface area contributed by atoms with Crippen LogP contribution in [0.15, 0.2) is 41.3 Å². The van der Waals surface area contributed by atoms with Gasteiger partial charge in [0, 0.05) is 37.6 Å². The number of thiophene rings is 1. The Morgan fingerprint density at radius 3 is 2.46 bits per heavy atom. The summed E-state index contributed by atoms with van der Waals surface area (Å²) in [5, 5.41) is 9.14. The summed E-state index contributed by atoms with van der Waals surface area (Å²) in [7, 11) is -3.63. The van der Waals surface area contributed by atoms with Crippen molar-refractivity contribution in [3.05, 3.63) is 51.2 Å². The maximum atomic E-state index is 12.8. The molecule has 0 saturated carbocycles. The first-order valence-corrected chi connectivity index (χ1v) is 10.1. The van der Waals surface area contributed by atoms with Crippen LogP contribution < -0.4 is 0 Å². The summed E-state index contributed by atoms with van der Waals surface area (Å²) < 4.78 is 27.8. The van der Waals surface area contributed by atoms with Crippen LogP contribution in [0.5, 0.6) is 0 Å². The average molecular weight is 382 g/mol. The van der Waals surface area contributed by atoms with Crippen LogP contribution in [0, 0.1) is 11.3 Å². The second-order valence-electron chi connectivity index (χ2n) is 5.49. The third kappa shape index (κ3) is 3.63. The van der Waals surface area contributed by atoms with E-state index in [0.717, 1.165) is 10.9 Å². The molecule has 0 aliphatic carbocycles. The van der Waals surface area contributed by atoms with Gasteiger partial charge in [-0.1, -0.05) is 23.7 Å². The van der Waals surface area contributed by atoms with Gasteiger partial charge in [-0.25, -0.2) is 8.42 Å². The predicted molar refractivity (Wildman–Crippen MR) is 94.5 cm³/mol. The van der Waals surface area contributed by atoms with Crippen LogP contribution in [-0.4, -0.2) is 43.8 Å². The molecule has 126 valence electrons. The van der Waals surface area contributed by atoms with Gasteiger partial charge in [0.05, 0.1) is 14.8 Å². The number of piperazine rings is 1. The Morgan fingerprint density at radius 1 is 1.12 bits per heavy atom. The van der Waals surface area contributed by atoms with Gasteiger partial charge in [-0.3, -0.25) is 4.90 Å². The van der Waals surface area contributed by atoms with E-state index in [4.69, 9.17) is 16.9 Å². The van der Waals surface area contributed by atoms with Crippen molar-refractivity contribution in [1.29, 1.82) is 5.26 Å². The van der Waals surface area contributed by atoms with Crippen molar-refractivity contribution in [2.75, 3.05) is 26.2 Å². The highest BCUT2D eigenvalue weighted by atomic mass is 35.5. The van der Waals surface area contributed by atoms with Gasteiger partial charge in [0.15, 0.2) is 0 Å². The van der Waals surface area contributed by atoms with Crippen molar-refractivity contribution in [1.82, 2.24) is 9.21 Å². The summed E-state index contributed by atoms with van der Waals surface area (Å²) >= 11 is 7.49. The zero-order valence-corrected chi connectivity index (χ0v) is 15.2. The van der Waals surface area contributed by atoms with Gasteiger partial charge in [-0.15, -0.1) is 11.3 Å². The normalized spacial score (nSPS) is 16.8. The first-order valence-electron chi connectivity index (χ1n) is 7.46. The number of nitriles is 1. The Bertz CT molecular complexity index is 865. The lowest BCUT2D eigenvalue weighted by molar-refractivity contribution is 0.183. The fraction of sp³-hybridized carbons (Fsp3) is 0.312. The van der Waals surface area contributed by atoms with Crippen molar-refractivity contribution < 1.29 is 8.42 Å². The summed E-state index contributed by atoms with van der Waals surface area (Å²) in [6.07, 6.45) is 0. The molecule has 3 rings (SSSR count). The summed E-state index contributed by atoms with van der Waals surface area (Å²) in [5.41, 5.74) is 0.188. The smallest absolute Gasteiger partial charge is 0.244 e. The molecule has 2 aromatic rings. The third-order valence-corrected chi connectivity index (χ3v) is 7.14.